The van der Waals surface area contributed by atoms with Gasteiger partial charge < -0.3 is 15.8 Å². The number of carbonyl (C=O) groups is 3. The molecule has 1 aliphatic carbocycles. The zero-order chi connectivity index (χ0) is 17.5. The predicted octanol–water partition coefficient (Wildman–Crippen LogP) is 2.24. The summed E-state index contributed by atoms with van der Waals surface area (Å²) in [5.41, 5.74) is 6.01. The molecular weight excluding hydrogens is 334 g/mol. The highest BCUT2D eigenvalue weighted by atomic mass is 35.5. The van der Waals surface area contributed by atoms with Crippen LogP contribution in [-0.4, -0.2) is 30.6 Å². The normalized spacial score (nSPS) is 14.7. The van der Waals surface area contributed by atoms with Crippen LogP contribution in [0.25, 0.3) is 0 Å². The first kappa shape index (κ1) is 18.1. The van der Waals surface area contributed by atoms with Crippen molar-refractivity contribution in [1.82, 2.24) is 10.6 Å². The molecule has 0 atom stereocenters. The number of amides is 3. The third kappa shape index (κ3) is 5.42. The Morgan fingerprint density at radius 3 is 2.58 bits per heavy atom. The molecule has 1 fully saturated rings. The Hall–Kier alpha value is -2.28. The van der Waals surface area contributed by atoms with Gasteiger partial charge in [0.1, 0.15) is 0 Å². The van der Waals surface area contributed by atoms with Crippen molar-refractivity contribution in [3.05, 3.63) is 28.8 Å². The molecule has 4 N–H and O–H groups in total. The lowest BCUT2D eigenvalue weighted by Gasteiger charge is -2.22. The van der Waals surface area contributed by atoms with E-state index in [2.05, 4.69) is 10.6 Å². The molecule has 24 heavy (non-hydrogen) atoms. The van der Waals surface area contributed by atoms with Gasteiger partial charge in [0.25, 0.3) is 5.91 Å². The van der Waals surface area contributed by atoms with E-state index >= 15 is 0 Å². The molecule has 0 heterocycles. The van der Waals surface area contributed by atoms with Crippen molar-refractivity contribution in [2.45, 2.75) is 38.1 Å². The van der Waals surface area contributed by atoms with Crippen LogP contribution >= 0.6 is 11.6 Å². The summed E-state index contributed by atoms with van der Waals surface area (Å²) in [4.78, 5) is 35.2. The van der Waals surface area contributed by atoms with E-state index < -0.39 is 24.5 Å². The van der Waals surface area contributed by atoms with Crippen LogP contribution in [0.4, 0.5) is 10.5 Å². The van der Waals surface area contributed by atoms with Gasteiger partial charge in [-0.05, 0) is 31.0 Å². The van der Waals surface area contributed by atoms with Gasteiger partial charge in [-0.2, -0.15) is 0 Å². The molecule has 0 unspecified atom stereocenters. The van der Waals surface area contributed by atoms with Crippen LogP contribution < -0.4 is 16.4 Å². The maximum absolute atomic E-state index is 11.8. The Balaban J connectivity index is 1.74. The molecule has 7 nitrogen and oxygen atoms in total. The maximum Gasteiger partial charge on any atom is 0.338 e. The first-order valence-electron chi connectivity index (χ1n) is 7.78. The smallest absolute Gasteiger partial charge is 0.338 e. The molecule has 1 aliphatic rings. The van der Waals surface area contributed by atoms with Gasteiger partial charge in [-0.15, -0.1) is 0 Å². The number of rotatable bonds is 4. The van der Waals surface area contributed by atoms with Gasteiger partial charge in [0, 0.05) is 6.04 Å². The minimum Gasteiger partial charge on any atom is -0.452 e. The van der Waals surface area contributed by atoms with E-state index in [9.17, 15) is 14.4 Å². The number of ether oxygens (including phenoxy) is 1. The number of hydrogen-bond donors (Lipinski definition) is 3. The largest absolute Gasteiger partial charge is 0.452 e. The Bertz CT molecular complexity index is 630. The number of benzene rings is 1. The summed E-state index contributed by atoms with van der Waals surface area (Å²) < 4.78 is 4.85. The highest BCUT2D eigenvalue weighted by Crippen LogP contribution is 2.20. The van der Waals surface area contributed by atoms with Crippen LogP contribution in [0.1, 0.15) is 42.5 Å². The monoisotopic (exact) mass is 353 g/mol. The number of anilines is 1. The fourth-order valence-corrected chi connectivity index (χ4v) is 2.63. The molecule has 0 radical (unpaired) electrons. The van der Waals surface area contributed by atoms with E-state index in [-0.39, 0.29) is 17.3 Å². The molecule has 130 valence electrons. The number of halogens is 1. The van der Waals surface area contributed by atoms with Gasteiger partial charge in [-0.1, -0.05) is 30.9 Å². The standard InChI is InChI=1S/C16H20ClN3O4/c17-12-7-6-10(8-13(12)18)15(22)24-9-14(21)20-16(23)19-11-4-2-1-3-5-11/h6-8,11H,1-5,9,18H2,(H2,19,20,21,23). The molecule has 0 saturated heterocycles. The van der Waals surface area contributed by atoms with E-state index in [1.807, 2.05) is 0 Å². The zero-order valence-corrected chi connectivity index (χ0v) is 13.9. The lowest BCUT2D eigenvalue weighted by Crippen LogP contribution is -2.46. The topological polar surface area (TPSA) is 111 Å². The van der Waals surface area contributed by atoms with Crippen LogP contribution in [0.2, 0.25) is 5.02 Å². The third-order valence-electron chi connectivity index (χ3n) is 3.76. The van der Waals surface area contributed by atoms with Gasteiger partial charge in [-0.25, -0.2) is 9.59 Å². The second kappa shape index (κ2) is 8.54. The second-order valence-electron chi connectivity index (χ2n) is 5.67. The summed E-state index contributed by atoms with van der Waals surface area (Å²) in [6.45, 7) is -0.556. The molecule has 1 aromatic rings. The minimum atomic E-state index is -0.721. The quantitative estimate of drug-likeness (QED) is 0.568. The summed E-state index contributed by atoms with van der Waals surface area (Å²) in [7, 11) is 0. The van der Waals surface area contributed by atoms with Gasteiger partial charge in [0.15, 0.2) is 6.61 Å². The molecule has 2 rings (SSSR count). The first-order chi connectivity index (χ1) is 11.5. The van der Waals surface area contributed by atoms with Crippen molar-refractivity contribution in [3.63, 3.8) is 0 Å². The summed E-state index contributed by atoms with van der Waals surface area (Å²) >= 11 is 5.76. The number of hydrogen-bond acceptors (Lipinski definition) is 5. The van der Waals surface area contributed by atoms with Crippen molar-refractivity contribution in [2.24, 2.45) is 0 Å². The summed E-state index contributed by atoms with van der Waals surface area (Å²) in [5, 5.41) is 5.21. The lowest BCUT2D eigenvalue weighted by atomic mass is 9.96. The van der Waals surface area contributed by atoms with Crippen LogP contribution in [-0.2, 0) is 9.53 Å². The molecule has 1 aromatic carbocycles. The summed E-state index contributed by atoms with van der Waals surface area (Å²) in [6, 6.07) is 3.78. The minimum absolute atomic E-state index is 0.0890. The second-order valence-corrected chi connectivity index (χ2v) is 6.08. The van der Waals surface area contributed by atoms with Crippen molar-refractivity contribution < 1.29 is 19.1 Å². The van der Waals surface area contributed by atoms with E-state index in [0.29, 0.717) is 5.02 Å². The highest BCUT2D eigenvalue weighted by Gasteiger charge is 2.18. The van der Waals surface area contributed by atoms with Crippen LogP contribution in [0, 0.1) is 0 Å². The molecule has 0 aromatic heterocycles. The van der Waals surface area contributed by atoms with Crippen LogP contribution in [0.15, 0.2) is 18.2 Å². The van der Waals surface area contributed by atoms with Crippen molar-refractivity contribution in [3.8, 4) is 0 Å². The molecule has 8 heteroatoms. The van der Waals surface area contributed by atoms with Gasteiger partial charge >= 0.3 is 12.0 Å². The average molecular weight is 354 g/mol. The molecule has 0 bridgehead atoms. The van der Waals surface area contributed by atoms with Gasteiger partial charge in [0.05, 0.1) is 16.3 Å². The predicted molar refractivity (Wildman–Crippen MR) is 89.7 cm³/mol. The average Bonchev–Trinajstić information content (AvgIpc) is 2.56. The number of nitrogens with two attached hydrogens (primary N) is 1. The third-order valence-corrected chi connectivity index (χ3v) is 4.10. The number of urea groups is 1. The molecule has 1 saturated carbocycles. The Morgan fingerprint density at radius 1 is 1.21 bits per heavy atom. The number of imide groups is 1. The van der Waals surface area contributed by atoms with Crippen molar-refractivity contribution in [1.29, 1.82) is 0 Å². The number of carbonyl (C=O) groups excluding carboxylic acids is 3. The summed E-state index contributed by atoms with van der Waals surface area (Å²) in [5.74, 6) is -1.42. The fraction of sp³-hybridized carbons (Fsp3) is 0.438. The van der Waals surface area contributed by atoms with Gasteiger partial charge in [0.2, 0.25) is 0 Å². The molecular formula is C16H20ClN3O4. The maximum atomic E-state index is 11.8. The van der Waals surface area contributed by atoms with E-state index in [4.69, 9.17) is 22.1 Å². The summed E-state index contributed by atoms with van der Waals surface area (Å²) in [6.07, 6.45) is 5.13. The Kier molecular flexibility index (Phi) is 6.43. The lowest BCUT2D eigenvalue weighted by molar-refractivity contribution is -0.123. The number of nitrogens with one attached hydrogen (secondary N) is 2. The SMILES string of the molecule is Nc1cc(C(=O)OCC(=O)NC(=O)NC2CCCCC2)ccc1Cl. The van der Waals surface area contributed by atoms with E-state index in [1.54, 1.807) is 0 Å². The Morgan fingerprint density at radius 2 is 1.92 bits per heavy atom. The Labute approximate surface area is 144 Å². The first-order valence-corrected chi connectivity index (χ1v) is 8.16. The van der Waals surface area contributed by atoms with E-state index in [1.165, 1.54) is 24.6 Å². The molecule has 0 aliphatic heterocycles. The van der Waals surface area contributed by atoms with Crippen molar-refractivity contribution >= 4 is 35.2 Å². The molecule has 3 amide bonds. The van der Waals surface area contributed by atoms with Gasteiger partial charge in [-0.3, -0.25) is 10.1 Å². The van der Waals surface area contributed by atoms with Crippen molar-refractivity contribution in [2.75, 3.05) is 12.3 Å². The van der Waals surface area contributed by atoms with Crippen LogP contribution in [0.5, 0.6) is 0 Å². The van der Waals surface area contributed by atoms with Crippen LogP contribution in [0.3, 0.4) is 0 Å². The number of esters is 1. The van der Waals surface area contributed by atoms with E-state index in [0.717, 1.165) is 25.7 Å². The molecule has 0 spiro atoms. The fourth-order valence-electron chi connectivity index (χ4n) is 2.52. The zero-order valence-electron chi connectivity index (χ0n) is 13.1. The number of nitrogen functional groups attached to an aromatic ring is 1. The highest BCUT2D eigenvalue weighted by molar-refractivity contribution is 6.33.